The third-order valence-electron chi connectivity index (χ3n) is 4.59. The molecule has 0 radical (unpaired) electrons. The molecule has 3 heteroatoms. The van der Waals surface area contributed by atoms with Crippen molar-refractivity contribution >= 4 is 0 Å². The minimum Gasteiger partial charge on any atom is -1.00 e. The minimum absolute atomic E-state index is 0. The van der Waals surface area contributed by atoms with E-state index in [0.717, 1.165) is 11.3 Å². The van der Waals surface area contributed by atoms with E-state index in [1.165, 1.54) is 0 Å². The molecule has 0 saturated heterocycles. The van der Waals surface area contributed by atoms with Crippen molar-refractivity contribution in [2.24, 2.45) is 5.41 Å². The van der Waals surface area contributed by atoms with Gasteiger partial charge in [0.25, 0.3) is 0 Å². The Morgan fingerprint density at radius 2 is 1.59 bits per heavy atom. The maximum atomic E-state index is 10.5. The van der Waals surface area contributed by atoms with Crippen LogP contribution in [-0.4, -0.2) is 10.9 Å². The van der Waals surface area contributed by atoms with Gasteiger partial charge in [0.2, 0.25) is 5.79 Å². The van der Waals surface area contributed by atoms with Gasteiger partial charge in [0, 0.05) is 23.3 Å². The summed E-state index contributed by atoms with van der Waals surface area (Å²) in [6.07, 6.45) is 0. The van der Waals surface area contributed by atoms with E-state index in [1.54, 1.807) is 6.92 Å². The van der Waals surface area contributed by atoms with Gasteiger partial charge < -0.3 is 11.3 Å². The quantitative estimate of drug-likeness (QED) is 0.643. The average Bonchev–Trinajstić information content (AvgIpc) is 2.15. The van der Waals surface area contributed by atoms with Gasteiger partial charge >= 0.3 is 18.9 Å². The van der Waals surface area contributed by atoms with E-state index in [0.29, 0.717) is 0 Å². The van der Waals surface area contributed by atoms with Gasteiger partial charge in [-0.25, -0.2) is 0 Å². The molecular formula is C14H21LiO2. The molecule has 17 heavy (non-hydrogen) atoms. The summed E-state index contributed by atoms with van der Waals surface area (Å²) in [5.74, 6) is -0.359. The predicted molar refractivity (Wildman–Crippen MR) is 65.6 cm³/mol. The zero-order valence-corrected chi connectivity index (χ0v) is 11.7. The van der Waals surface area contributed by atoms with Crippen molar-refractivity contribution in [3.05, 3.63) is 29.8 Å². The Morgan fingerprint density at radius 3 is 2.18 bits per heavy atom. The van der Waals surface area contributed by atoms with Crippen LogP contribution in [0.5, 0.6) is 5.75 Å². The molecule has 1 unspecified atom stereocenters. The van der Waals surface area contributed by atoms with Crippen molar-refractivity contribution < 1.29 is 30.1 Å². The number of hydrogen-bond acceptors (Lipinski definition) is 2. The first kappa shape index (κ1) is 14.6. The third-order valence-corrected chi connectivity index (χ3v) is 4.59. The van der Waals surface area contributed by atoms with E-state index in [-0.39, 0.29) is 31.1 Å². The Balaban J connectivity index is 0.00000144. The first-order valence-corrected chi connectivity index (χ1v) is 5.71. The predicted octanol–water partition coefficient (Wildman–Crippen LogP) is 0.208. The van der Waals surface area contributed by atoms with Gasteiger partial charge in [-0.1, -0.05) is 45.9 Å². The number of benzene rings is 1. The molecule has 1 N–H and O–H groups in total. The van der Waals surface area contributed by atoms with Crippen LogP contribution in [-0.2, 0) is 5.41 Å². The fraction of sp³-hybridized carbons (Fsp3) is 0.571. The number of rotatable bonds is 0. The summed E-state index contributed by atoms with van der Waals surface area (Å²) in [7, 11) is 0. The van der Waals surface area contributed by atoms with E-state index in [9.17, 15) is 5.11 Å². The molecule has 2 rings (SSSR count). The fourth-order valence-corrected chi connectivity index (χ4v) is 2.33. The first-order valence-electron chi connectivity index (χ1n) is 5.71. The number of hydrogen-bond donors (Lipinski definition) is 1. The van der Waals surface area contributed by atoms with Crippen molar-refractivity contribution in [3.63, 3.8) is 0 Å². The maximum absolute atomic E-state index is 10.5. The standard InChI is InChI=1S/C14H20O2.Li.H/c1-12(2)10-8-6-7-9-11(10)16-14(5,15)13(12,3)4;;/h6-9,15H,1-5H3;;/q;+1;-1. The van der Waals surface area contributed by atoms with Crippen LogP contribution in [0.3, 0.4) is 0 Å². The number of fused-ring (bicyclic) bond motifs is 1. The first-order chi connectivity index (χ1) is 7.20. The molecule has 2 nitrogen and oxygen atoms in total. The largest absolute Gasteiger partial charge is 1.00 e. The Hall–Kier alpha value is -0.423. The Morgan fingerprint density at radius 1 is 1.06 bits per heavy atom. The van der Waals surface area contributed by atoms with Gasteiger partial charge in [0.05, 0.1) is 0 Å². The van der Waals surface area contributed by atoms with Crippen LogP contribution in [0.2, 0.25) is 0 Å². The maximum Gasteiger partial charge on any atom is 1.00 e. The number of ether oxygens (including phenoxy) is 1. The minimum atomic E-state index is -1.15. The van der Waals surface area contributed by atoms with E-state index in [4.69, 9.17) is 4.74 Å². The average molecular weight is 228 g/mol. The van der Waals surface area contributed by atoms with E-state index >= 15 is 0 Å². The molecule has 0 saturated carbocycles. The summed E-state index contributed by atoms with van der Waals surface area (Å²) in [6, 6.07) is 7.94. The molecule has 0 amide bonds. The Bertz CT molecular complexity index is 428. The Labute approximate surface area is 117 Å². The monoisotopic (exact) mass is 228 g/mol. The normalized spacial score (nSPS) is 28.6. The second-order valence-electron chi connectivity index (χ2n) is 5.83. The van der Waals surface area contributed by atoms with E-state index < -0.39 is 5.79 Å². The van der Waals surface area contributed by atoms with Gasteiger partial charge in [0.1, 0.15) is 5.75 Å². The molecule has 0 spiro atoms. The van der Waals surface area contributed by atoms with Crippen LogP contribution in [0.1, 0.15) is 41.6 Å². The van der Waals surface area contributed by atoms with Crippen molar-refractivity contribution in [3.8, 4) is 5.75 Å². The zero-order valence-electron chi connectivity index (χ0n) is 12.7. The van der Waals surface area contributed by atoms with Gasteiger partial charge in [0.15, 0.2) is 0 Å². The van der Waals surface area contributed by atoms with E-state index in [1.807, 2.05) is 32.0 Å². The molecule has 1 aromatic carbocycles. The van der Waals surface area contributed by atoms with Crippen molar-refractivity contribution in [2.75, 3.05) is 0 Å². The van der Waals surface area contributed by atoms with Gasteiger partial charge in [-0.3, -0.25) is 0 Å². The van der Waals surface area contributed by atoms with E-state index in [2.05, 4.69) is 19.9 Å². The third kappa shape index (κ3) is 1.83. The van der Waals surface area contributed by atoms with Gasteiger partial charge in [-0.2, -0.15) is 0 Å². The number of aliphatic hydroxyl groups is 1. The van der Waals surface area contributed by atoms with Gasteiger partial charge in [-0.15, -0.1) is 0 Å². The van der Waals surface area contributed by atoms with Crippen molar-refractivity contribution in [2.45, 2.75) is 45.8 Å². The van der Waals surface area contributed by atoms with Crippen LogP contribution in [0.4, 0.5) is 0 Å². The molecule has 1 aromatic rings. The summed E-state index contributed by atoms with van der Waals surface area (Å²) in [5.41, 5.74) is 0.672. The molecular weight excluding hydrogens is 207 g/mol. The van der Waals surface area contributed by atoms with Crippen LogP contribution in [0.15, 0.2) is 24.3 Å². The van der Waals surface area contributed by atoms with Crippen molar-refractivity contribution in [1.82, 2.24) is 0 Å². The topological polar surface area (TPSA) is 29.5 Å². The summed E-state index contributed by atoms with van der Waals surface area (Å²) in [6.45, 7) is 10.1. The smallest absolute Gasteiger partial charge is 1.00 e. The molecule has 0 aliphatic carbocycles. The SMILES string of the molecule is CC1(O)Oc2ccccc2C(C)(C)C1(C)C.[H-].[Li+]. The molecule has 0 bridgehead atoms. The summed E-state index contributed by atoms with van der Waals surface area (Å²) >= 11 is 0. The van der Waals surface area contributed by atoms with Crippen LogP contribution >= 0.6 is 0 Å². The van der Waals surface area contributed by atoms with Crippen LogP contribution in [0.25, 0.3) is 0 Å². The zero-order chi connectivity index (χ0) is 12.2. The van der Waals surface area contributed by atoms with Crippen LogP contribution < -0.4 is 23.6 Å². The van der Waals surface area contributed by atoms with Gasteiger partial charge in [-0.05, 0) is 6.07 Å². The second kappa shape index (κ2) is 4.05. The molecule has 1 heterocycles. The molecule has 1 aliphatic heterocycles. The molecule has 1 aliphatic rings. The fourth-order valence-electron chi connectivity index (χ4n) is 2.33. The summed E-state index contributed by atoms with van der Waals surface area (Å²) < 4.78 is 5.73. The molecule has 0 fully saturated rings. The Kier molecular flexibility index (Phi) is 3.49. The summed E-state index contributed by atoms with van der Waals surface area (Å²) in [4.78, 5) is 0. The molecule has 90 valence electrons. The molecule has 1 atom stereocenters. The van der Waals surface area contributed by atoms with Crippen LogP contribution in [0, 0.1) is 5.41 Å². The van der Waals surface area contributed by atoms with Crippen molar-refractivity contribution in [1.29, 1.82) is 0 Å². The second-order valence-corrected chi connectivity index (χ2v) is 5.83. The molecule has 0 aromatic heterocycles. The summed E-state index contributed by atoms with van der Waals surface area (Å²) in [5, 5.41) is 10.5. The number of para-hydroxylation sites is 1.